The molecule has 0 heterocycles. The van der Waals surface area contributed by atoms with E-state index in [-0.39, 0.29) is 5.91 Å². The number of rotatable bonds is 5. The van der Waals surface area contributed by atoms with Gasteiger partial charge in [0, 0.05) is 17.3 Å². The van der Waals surface area contributed by atoms with Gasteiger partial charge in [-0.2, -0.15) is 0 Å². The Bertz CT molecular complexity index is 715. The van der Waals surface area contributed by atoms with Crippen molar-refractivity contribution in [1.29, 1.82) is 0 Å². The van der Waals surface area contributed by atoms with Crippen molar-refractivity contribution in [3.63, 3.8) is 0 Å². The highest BCUT2D eigenvalue weighted by Crippen LogP contribution is 2.25. The molecule has 0 aliphatic heterocycles. The first kappa shape index (κ1) is 16.6. The van der Waals surface area contributed by atoms with Crippen molar-refractivity contribution in [3.8, 4) is 11.5 Å². The molecule has 0 radical (unpaired) electrons. The molecule has 0 fully saturated rings. The van der Waals surface area contributed by atoms with Crippen molar-refractivity contribution in [2.75, 3.05) is 19.5 Å². The molecule has 0 saturated heterocycles. The van der Waals surface area contributed by atoms with E-state index in [9.17, 15) is 4.79 Å². The van der Waals surface area contributed by atoms with Gasteiger partial charge in [-0.05, 0) is 49.2 Å². The van der Waals surface area contributed by atoms with Crippen molar-refractivity contribution >= 4 is 17.7 Å². The zero-order chi connectivity index (χ0) is 16.8. The predicted octanol–water partition coefficient (Wildman–Crippen LogP) is 3.97. The van der Waals surface area contributed by atoms with E-state index in [0.717, 1.165) is 22.4 Å². The number of anilines is 1. The van der Waals surface area contributed by atoms with E-state index in [2.05, 4.69) is 5.32 Å². The van der Waals surface area contributed by atoms with Crippen LogP contribution in [0.2, 0.25) is 0 Å². The molecule has 1 amide bonds. The Morgan fingerprint density at radius 3 is 2.35 bits per heavy atom. The van der Waals surface area contributed by atoms with Crippen LogP contribution in [0.4, 0.5) is 5.69 Å². The molecule has 0 bridgehead atoms. The molecular weight excluding hydrogens is 290 g/mol. The van der Waals surface area contributed by atoms with E-state index in [1.54, 1.807) is 20.3 Å². The Morgan fingerprint density at radius 1 is 1.04 bits per heavy atom. The molecule has 0 unspecified atom stereocenters. The number of ether oxygens (including phenoxy) is 2. The molecule has 2 aromatic carbocycles. The van der Waals surface area contributed by atoms with Gasteiger partial charge in [-0.25, -0.2) is 0 Å². The Kier molecular flexibility index (Phi) is 5.41. The highest BCUT2D eigenvalue weighted by molar-refractivity contribution is 6.03. The third kappa shape index (κ3) is 4.13. The summed E-state index contributed by atoms with van der Waals surface area (Å²) >= 11 is 0. The molecule has 4 nitrogen and oxygen atoms in total. The summed E-state index contributed by atoms with van der Waals surface area (Å²) in [7, 11) is 3.19. The van der Waals surface area contributed by atoms with Crippen LogP contribution in [0.25, 0.3) is 6.08 Å². The summed E-state index contributed by atoms with van der Waals surface area (Å²) in [4.78, 5) is 12.2. The van der Waals surface area contributed by atoms with Crippen LogP contribution < -0.4 is 14.8 Å². The first-order chi connectivity index (χ1) is 11.0. The lowest BCUT2D eigenvalue weighted by atomic mass is 10.1. The minimum atomic E-state index is -0.188. The van der Waals surface area contributed by atoms with E-state index in [1.165, 1.54) is 6.08 Å². The number of hydrogen-bond donors (Lipinski definition) is 1. The number of carbonyl (C=O) groups is 1. The van der Waals surface area contributed by atoms with Gasteiger partial charge in [-0.15, -0.1) is 0 Å². The minimum Gasteiger partial charge on any atom is -0.497 e. The first-order valence-electron chi connectivity index (χ1n) is 7.32. The molecule has 0 aliphatic carbocycles. The molecule has 120 valence electrons. The van der Waals surface area contributed by atoms with Crippen molar-refractivity contribution in [3.05, 3.63) is 59.2 Å². The third-order valence-electron chi connectivity index (χ3n) is 3.58. The zero-order valence-corrected chi connectivity index (χ0v) is 13.8. The molecule has 4 heteroatoms. The quantitative estimate of drug-likeness (QED) is 0.850. The molecule has 0 aromatic heterocycles. The van der Waals surface area contributed by atoms with E-state index < -0.39 is 0 Å². The average molecular weight is 311 g/mol. The van der Waals surface area contributed by atoms with Gasteiger partial charge in [0.15, 0.2) is 0 Å². The Balaban J connectivity index is 2.18. The maximum Gasteiger partial charge on any atom is 0.248 e. The van der Waals surface area contributed by atoms with Crippen LogP contribution in [0, 0.1) is 13.8 Å². The fourth-order valence-corrected chi connectivity index (χ4v) is 2.31. The van der Waals surface area contributed by atoms with Crippen LogP contribution in [0.5, 0.6) is 11.5 Å². The summed E-state index contributed by atoms with van der Waals surface area (Å²) in [5.74, 6) is 1.20. The lowest BCUT2D eigenvalue weighted by Gasteiger charge is -2.10. The largest absolute Gasteiger partial charge is 0.497 e. The number of methoxy groups -OCH3 is 2. The Hall–Kier alpha value is -2.75. The van der Waals surface area contributed by atoms with Gasteiger partial charge in [-0.1, -0.05) is 18.2 Å². The Labute approximate surface area is 136 Å². The number of amides is 1. The van der Waals surface area contributed by atoms with E-state index in [0.29, 0.717) is 11.5 Å². The van der Waals surface area contributed by atoms with Crippen LogP contribution in [0.15, 0.2) is 42.5 Å². The van der Waals surface area contributed by atoms with Gasteiger partial charge in [0.1, 0.15) is 11.5 Å². The third-order valence-corrected chi connectivity index (χ3v) is 3.58. The second-order valence-electron chi connectivity index (χ2n) is 5.20. The molecule has 0 saturated carbocycles. The number of aryl methyl sites for hydroxylation is 2. The van der Waals surface area contributed by atoms with Crippen LogP contribution >= 0.6 is 0 Å². The fraction of sp³-hybridized carbons (Fsp3) is 0.211. The van der Waals surface area contributed by atoms with Crippen LogP contribution in [0.3, 0.4) is 0 Å². The maximum absolute atomic E-state index is 12.2. The average Bonchev–Trinajstić information content (AvgIpc) is 2.56. The first-order valence-corrected chi connectivity index (χ1v) is 7.32. The lowest BCUT2D eigenvalue weighted by molar-refractivity contribution is -0.111. The summed E-state index contributed by atoms with van der Waals surface area (Å²) in [5.41, 5.74) is 3.69. The highest BCUT2D eigenvalue weighted by Gasteiger charge is 2.06. The van der Waals surface area contributed by atoms with Crippen LogP contribution in [0.1, 0.15) is 16.7 Å². The number of nitrogens with one attached hydrogen (secondary N) is 1. The second kappa shape index (κ2) is 7.49. The normalized spacial score (nSPS) is 10.6. The smallest absolute Gasteiger partial charge is 0.248 e. The van der Waals surface area contributed by atoms with Crippen molar-refractivity contribution in [2.45, 2.75) is 13.8 Å². The highest BCUT2D eigenvalue weighted by atomic mass is 16.5. The van der Waals surface area contributed by atoms with Crippen LogP contribution in [-0.2, 0) is 4.79 Å². The molecule has 1 N–H and O–H groups in total. The summed E-state index contributed by atoms with van der Waals surface area (Å²) in [5, 5.41) is 2.92. The van der Waals surface area contributed by atoms with E-state index in [1.807, 2.05) is 50.2 Å². The van der Waals surface area contributed by atoms with Crippen LogP contribution in [-0.4, -0.2) is 20.1 Å². The van der Waals surface area contributed by atoms with Crippen molar-refractivity contribution < 1.29 is 14.3 Å². The molecule has 0 atom stereocenters. The summed E-state index contributed by atoms with van der Waals surface area (Å²) in [6, 6.07) is 11.3. The zero-order valence-electron chi connectivity index (χ0n) is 13.8. The molecule has 23 heavy (non-hydrogen) atoms. The second-order valence-corrected chi connectivity index (χ2v) is 5.20. The van der Waals surface area contributed by atoms with Gasteiger partial charge in [0.25, 0.3) is 0 Å². The number of carbonyl (C=O) groups excluding carboxylic acids is 1. The molecule has 0 spiro atoms. The predicted molar refractivity (Wildman–Crippen MR) is 93.1 cm³/mol. The summed E-state index contributed by atoms with van der Waals surface area (Å²) in [6.45, 7) is 3.94. The Morgan fingerprint density at radius 2 is 1.74 bits per heavy atom. The minimum absolute atomic E-state index is 0.188. The van der Waals surface area contributed by atoms with Crippen molar-refractivity contribution in [1.82, 2.24) is 0 Å². The van der Waals surface area contributed by atoms with E-state index >= 15 is 0 Å². The number of benzene rings is 2. The molecular formula is C19H21NO3. The summed E-state index contributed by atoms with van der Waals surface area (Å²) in [6.07, 6.45) is 3.20. The van der Waals surface area contributed by atoms with Gasteiger partial charge in [0.05, 0.1) is 14.2 Å². The lowest BCUT2D eigenvalue weighted by Crippen LogP contribution is -2.10. The van der Waals surface area contributed by atoms with Gasteiger partial charge < -0.3 is 14.8 Å². The summed E-state index contributed by atoms with van der Waals surface area (Å²) < 4.78 is 10.5. The molecule has 2 aromatic rings. The van der Waals surface area contributed by atoms with Crippen molar-refractivity contribution in [2.24, 2.45) is 0 Å². The number of para-hydroxylation sites is 1. The molecule has 2 rings (SSSR count). The van der Waals surface area contributed by atoms with E-state index in [4.69, 9.17) is 9.47 Å². The van der Waals surface area contributed by atoms with Gasteiger partial charge in [-0.3, -0.25) is 4.79 Å². The van der Waals surface area contributed by atoms with Gasteiger partial charge >= 0.3 is 0 Å². The maximum atomic E-state index is 12.2. The monoisotopic (exact) mass is 311 g/mol. The topological polar surface area (TPSA) is 47.6 Å². The standard InChI is InChI=1S/C19H21NO3/c1-13-6-5-7-14(2)19(13)20-18(21)11-8-15-12-16(22-3)9-10-17(15)23-4/h5-12H,1-4H3,(H,20,21)/b11-8+. The molecule has 0 aliphatic rings. The fourth-order valence-electron chi connectivity index (χ4n) is 2.31. The van der Waals surface area contributed by atoms with Gasteiger partial charge in [0.2, 0.25) is 5.91 Å². The SMILES string of the molecule is COc1ccc(OC)c(/C=C/C(=O)Nc2c(C)cccc2C)c1. The number of hydrogen-bond acceptors (Lipinski definition) is 3.